The third-order valence-electron chi connectivity index (χ3n) is 4.93. The van der Waals surface area contributed by atoms with E-state index >= 15 is 0 Å². The van der Waals surface area contributed by atoms with E-state index in [2.05, 4.69) is 51.5 Å². The monoisotopic (exact) mass is 388 g/mol. The zero-order chi connectivity index (χ0) is 20.2. The van der Waals surface area contributed by atoms with Gasteiger partial charge in [-0.25, -0.2) is 14.6 Å². The predicted molar refractivity (Wildman–Crippen MR) is 115 cm³/mol. The van der Waals surface area contributed by atoms with E-state index in [0.29, 0.717) is 6.54 Å². The lowest BCUT2D eigenvalue weighted by atomic mass is 10.1. The van der Waals surface area contributed by atoms with Crippen LogP contribution in [0, 0.1) is 0 Å². The highest BCUT2D eigenvalue weighted by atomic mass is 16.5. The summed E-state index contributed by atoms with van der Waals surface area (Å²) in [6.07, 6.45) is 3.38. The largest absolute Gasteiger partial charge is 0.497 e. The molecule has 0 amide bonds. The summed E-state index contributed by atoms with van der Waals surface area (Å²) < 4.78 is 7.21. The second-order valence-electron chi connectivity index (χ2n) is 6.99. The van der Waals surface area contributed by atoms with Crippen molar-refractivity contribution in [3.63, 3.8) is 0 Å². The third kappa shape index (κ3) is 3.90. The standard InChI is InChI=1S/C22H24N6O/c1-27(2)20(16-8-7-11-18(12-16)29-3)14-23-21-19-13-26-28(22(19)25-15-24-21)17-9-5-4-6-10-17/h4-13,15,20H,14H2,1-3H3,(H,23,24,25). The van der Waals surface area contributed by atoms with Crippen molar-refractivity contribution in [1.29, 1.82) is 0 Å². The molecule has 148 valence electrons. The fourth-order valence-corrected chi connectivity index (χ4v) is 3.38. The van der Waals surface area contributed by atoms with Gasteiger partial charge in [-0.15, -0.1) is 0 Å². The van der Waals surface area contributed by atoms with Crippen molar-refractivity contribution >= 4 is 16.9 Å². The number of fused-ring (bicyclic) bond motifs is 1. The number of nitrogens with zero attached hydrogens (tertiary/aromatic N) is 5. The lowest BCUT2D eigenvalue weighted by Crippen LogP contribution is -2.27. The van der Waals surface area contributed by atoms with Gasteiger partial charge in [-0.2, -0.15) is 5.10 Å². The third-order valence-corrected chi connectivity index (χ3v) is 4.93. The van der Waals surface area contributed by atoms with E-state index in [9.17, 15) is 0 Å². The van der Waals surface area contributed by atoms with Crippen LogP contribution in [-0.2, 0) is 0 Å². The van der Waals surface area contributed by atoms with Crippen molar-refractivity contribution in [2.75, 3.05) is 33.1 Å². The molecule has 7 nitrogen and oxygen atoms in total. The molecule has 0 spiro atoms. The van der Waals surface area contributed by atoms with Gasteiger partial charge in [0.05, 0.1) is 30.4 Å². The zero-order valence-corrected chi connectivity index (χ0v) is 16.8. The molecular weight excluding hydrogens is 364 g/mol. The molecule has 0 aliphatic carbocycles. The van der Waals surface area contributed by atoms with Gasteiger partial charge in [0, 0.05) is 6.54 Å². The number of aromatic nitrogens is 4. The number of hydrogen-bond donors (Lipinski definition) is 1. The summed E-state index contributed by atoms with van der Waals surface area (Å²) in [6.45, 7) is 0.683. The molecule has 0 aliphatic heterocycles. The van der Waals surface area contributed by atoms with E-state index in [4.69, 9.17) is 4.74 Å². The van der Waals surface area contributed by atoms with Crippen LogP contribution in [0.25, 0.3) is 16.7 Å². The first-order valence-corrected chi connectivity index (χ1v) is 9.46. The average molecular weight is 388 g/mol. The molecule has 1 N–H and O–H groups in total. The highest BCUT2D eigenvalue weighted by molar-refractivity contribution is 5.87. The molecule has 0 saturated carbocycles. The van der Waals surface area contributed by atoms with Crippen LogP contribution in [0.15, 0.2) is 67.1 Å². The summed E-state index contributed by atoms with van der Waals surface area (Å²) in [5, 5.41) is 8.89. The Kier molecular flexibility index (Phi) is 5.39. The molecule has 2 aromatic heterocycles. The molecule has 0 saturated heterocycles. The number of benzene rings is 2. The van der Waals surface area contributed by atoms with Crippen LogP contribution in [0.5, 0.6) is 5.75 Å². The van der Waals surface area contributed by atoms with Gasteiger partial charge in [0.15, 0.2) is 5.65 Å². The van der Waals surface area contributed by atoms with Crippen LogP contribution < -0.4 is 10.1 Å². The number of para-hydroxylation sites is 1. The van der Waals surface area contributed by atoms with Crippen molar-refractivity contribution < 1.29 is 4.74 Å². The minimum atomic E-state index is 0.152. The highest BCUT2D eigenvalue weighted by Crippen LogP contribution is 2.25. The fourth-order valence-electron chi connectivity index (χ4n) is 3.38. The van der Waals surface area contributed by atoms with Gasteiger partial charge in [-0.3, -0.25) is 0 Å². The molecular formula is C22H24N6O. The first kappa shape index (κ1) is 18.9. The smallest absolute Gasteiger partial charge is 0.168 e. The van der Waals surface area contributed by atoms with E-state index in [0.717, 1.165) is 28.3 Å². The molecule has 4 rings (SSSR count). The summed E-state index contributed by atoms with van der Waals surface area (Å²) >= 11 is 0. The number of hydrogen-bond acceptors (Lipinski definition) is 6. The number of rotatable bonds is 7. The van der Waals surface area contributed by atoms with E-state index in [1.807, 2.05) is 47.1 Å². The molecule has 2 aromatic carbocycles. The lowest BCUT2D eigenvalue weighted by Gasteiger charge is -2.25. The molecule has 4 aromatic rings. The Hall–Kier alpha value is -3.45. The van der Waals surface area contributed by atoms with Gasteiger partial charge in [-0.05, 0) is 43.9 Å². The molecule has 2 heterocycles. The summed E-state index contributed by atoms with van der Waals surface area (Å²) in [6, 6.07) is 18.3. The van der Waals surface area contributed by atoms with Crippen molar-refractivity contribution in [1.82, 2.24) is 24.6 Å². The lowest BCUT2D eigenvalue weighted by molar-refractivity contribution is 0.310. The maximum absolute atomic E-state index is 5.38. The van der Waals surface area contributed by atoms with Crippen LogP contribution in [0.2, 0.25) is 0 Å². The summed E-state index contributed by atoms with van der Waals surface area (Å²) in [4.78, 5) is 11.1. The molecule has 0 radical (unpaired) electrons. The zero-order valence-electron chi connectivity index (χ0n) is 16.8. The van der Waals surface area contributed by atoms with Crippen molar-refractivity contribution in [3.05, 3.63) is 72.7 Å². The molecule has 0 aliphatic rings. The second kappa shape index (κ2) is 8.28. The van der Waals surface area contributed by atoms with Gasteiger partial charge < -0.3 is 15.0 Å². The Bertz CT molecular complexity index is 1090. The van der Waals surface area contributed by atoms with Crippen LogP contribution in [0.3, 0.4) is 0 Å². The number of likely N-dealkylation sites (N-methyl/N-ethyl adjacent to an activating group) is 1. The van der Waals surface area contributed by atoms with Crippen molar-refractivity contribution in [2.24, 2.45) is 0 Å². The SMILES string of the molecule is COc1cccc(C(CNc2ncnc3c2cnn3-c2ccccc2)N(C)C)c1. The van der Waals surface area contributed by atoms with Crippen LogP contribution in [0.4, 0.5) is 5.82 Å². The van der Waals surface area contributed by atoms with Gasteiger partial charge in [0.1, 0.15) is 17.9 Å². The quantitative estimate of drug-likeness (QED) is 0.522. The Balaban J connectivity index is 1.61. The average Bonchev–Trinajstić information content (AvgIpc) is 3.19. The molecule has 29 heavy (non-hydrogen) atoms. The molecule has 0 bridgehead atoms. The molecule has 1 atom stereocenters. The molecule has 0 fully saturated rings. The first-order valence-electron chi connectivity index (χ1n) is 9.46. The van der Waals surface area contributed by atoms with E-state index in [1.165, 1.54) is 5.56 Å². The number of ether oxygens (including phenoxy) is 1. The molecule has 1 unspecified atom stereocenters. The second-order valence-corrected chi connectivity index (χ2v) is 6.99. The van der Waals surface area contributed by atoms with Crippen molar-refractivity contribution in [3.8, 4) is 11.4 Å². The summed E-state index contributed by atoms with van der Waals surface area (Å²) in [5.41, 5.74) is 2.92. The minimum Gasteiger partial charge on any atom is -0.497 e. The maximum atomic E-state index is 5.38. The van der Waals surface area contributed by atoms with Crippen LogP contribution in [0.1, 0.15) is 11.6 Å². The van der Waals surface area contributed by atoms with Crippen molar-refractivity contribution in [2.45, 2.75) is 6.04 Å². The van der Waals surface area contributed by atoms with E-state index in [1.54, 1.807) is 19.6 Å². The Morgan fingerprint density at radius 3 is 2.66 bits per heavy atom. The Morgan fingerprint density at radius 2 is 1.90 bits per heavy atom. The van der Waals surface area contributed by atoms with Gasteiger partial charge in [-0.1, -0.05) is 30.3 Å². The summed E-state index contributed by atoms with van der Waals surface area (Å²) in [5.74, 6) is 1.62. The highest BCUT2D eigenvalue weighted by Gasteiger charge is 2.17. The topological polar surface area (TPSA) is 68.1 Å². The predicted octanol–water partition coefficient (Wildman–Crippen LogP) is 3.54. The Morgan fingerprint density at radius 1 is 1.07 bits per heavy atom. The normalized spacial score (nSPS) is 12.3. The van der Waals surface area contributed by atoms with E-state index < -0.39 is 0 Å². The maximum Gasteiger partial charge on any atom is 0.168 e. The number of nitrogens with one attached hydrogen (secondary N) is 1. The Labute approximate surface area is 170 Å². The fraction of sp³-hybridized carbons (Fsp3) is 0.227. The van der Waals surface area contributed by atoms with Gasteiger partial charge >= 0.3 is 0 Å². The number of anilines is 1. The summed E-state index contributed by atoms with van der Waals surface area (Å²) in [7, 11) is 5.81. The van der Waals surface area contributed by atoms with Crippen LogP contribution in [-0.4, -0.2) is 52.4 Å². The van der Waals surface area contributed by atoms with Gasteiger partial charge in [0.25, 0.3) is 0 Å². The van der Waals surface area contributed by atoms with E-state index in [-0.39, 0.29) is 6.04 Å². The first-order chi connectivity index (χ1) is 14.2. The number of methoxy groups -OCH3 is 1. The minimum absolute atomic E-state index is 0.152. The van der Waals surface area contributed by atoms with Crippen LogP contribution >= 0.6 is 0 Å². The van der Waals surface area contributed by atoms with Gasteiger partial charge in [0.2, 0.25) is 0 Å². The molecule has 7 heteroatoms.